The zero-order chi connectivity index (χ0) is 18.0. The van der Waals surface area contributed by atoms with E-state index in [1.165, 1.54) is 0 Å². The molecule has 0 aromatic rings. The average Bonchev–Trinajstić information content (AvgIpc) is 2.59. The van der Waals surface area contributed by atoms with Crippen molar-refractivity contribution in [1.29, 1.82) is 0 Å². The molecular weight excluding hydrogens is 320 g/mol. The number of cyclic esters (lactones) is 1. The summed E-state index contributed by atoms with van der Waals surface area (Å²) in [5, 5.41) is 9.78. The molecule has 0 radical (unpaired) electrons. The number of hydrogen-bond acceptors (Lipinski definition) is 5. The van der Waals surface area contributed by atoms with Crippen LogP contribution in [0, 0.1) is 35.5 Å². The SMILES string of the molecule is C[C@H]1CCC2C[C@@H](C=O)CC(C=O)C2[C@H]1CCC1C[C@@H](O)CC(=O)O1. The molecule has 2 aliphatic carbocycles. The molecule has 4 unspecified atom stereocenters. The second kappa shape index (κ2) is 7.98. The fraction of sp³-hybridized carbons (Fsp3) is 0.850. The minimum atomic E-state index is -0.589. The Bertz CT molecular complexity index is 504. The second-order valence-corrected chi connectivity index (χ2v) is 8.51. The van der Waals surface area contributed by atoms with Crippen LogP contribution in [0.2, 0.25) is 0 Å². The maximum Gasteiger partial charge on any atom is 0.308 e. The Hall–Kier alpha value is -1.23. The van der Waals surface area contributed by atoms with Gasteiger partial charge < -0.3 is 19.4 Å². The van der Waals surface area contributed by atoms with Gasteiger partial charge in [-0.25, -0.2) is 0 Å². The summed E-state index contributed by atoms with van der Waals surface area (Å²) in [5.74, 6) is 1.47. The fourth-order valence-corrected chi connectivity index (χ4v) is 5.70. The van der Waals surface area contributed by atoms with E-state index in [4.69, 9.17) is 4.74 Å². The molecule has 5 nitrogen and oxygen atoms in total. The zero-order valence-corrected chi connectivity index (χ0v) is 15.0. The zero-order valence-electron chi connectivity index (χ0n) is 15.0. The molecule has 25 heavy (non-hydrogen) atoms. The van der Waals surface area contributed by atoms with E-state index in [2.05, 4.69) is 6.92 Å². The van der Waals surface area contributed by atoms with Gasteiger partial charge in [-0.05, 0) is 55.8 Å². The normalized spacial score (nSPS) is 44.5. The van der Waals surface area contributed by atoms with Crippen molar-refractivity contribution >= 4 is 18.5 Å². The lowest BCUT2D eigenvalue weighted by Gasteiger charge is -2.49. The molecule has 2 saturated carbocycles. The number of esters is 1. The molecule has 1 aliphatic heterocycles. The maximum absolute atomic E-state index is 11.7. The lowest BCUT2D eigenvalue weighted by atomic mass is 9.55. The van der Waals surface area contributed by atoms with Crippen LogP contribution in [0.4, 0.5) is 0 Å². The summed E-state index contributed by atoms with van der Waals surface area (Å²) in [6.45, 7) is 2.26. The van der Waals surface area contributed by atoms with E-state index in [-0.39, 0.29) is 30.3 Å². The van der Waals surface area contributed by atoms with Crippen LogP contribution in [-0.4, -0.2) is 35.9 Å². The van der Waals surface area contributed by atoms with E-state index < -0.39 is 6.10 Å². The van der Waals surface area contributed by atoms with Gasteiger partial charge in [-0.15, -0.1) is 0 Å². The van der Waals surface area contributed by atoms with Gasteiger partial charge in [-0.2, -0.15) is 0 Å². The van der Waals surface area contributed by atoms with Crippen molar-refractivity contribution in [2.45, 2.75) is 70.5 Å². The number of aldehydes is 2. The van der Waals surface area contributed by atoms with Gasteiger partial charge in [0.2, 0.25) is 0 Å². The Kier molecular flexibility index (Phi) is 5.92. The first-order chi connectivity index (χ1) is 12.0. The number of ether oxygens (including phenoxy) is 1. The molecule has 140 valence electrons. The van der Waals surface area contributed by atoms with Crippen molar-refractivity contribution < 1.29 is 24.2 Å². The second-order valence-electron chi connectivity index (χ2n) is 8.51. The molecule has 5 heteroatoms. The Balaban J connectivity index is 1.67. The number of hydrogen-bond donors (Lipinski definition) is 1. The highest BCUT2D eigenvalue weighted by atomic mass is 16.5. The largest absolute Gasteiger partial charge is 0.462 e. The van der Waals surface area contributed by atoms with Crippen molar-refractivity contribution in [2.24, 2.45) is 35.5 Å². The van der Waals surface area contributed by atoms with Gasteiger partial charge in [0.15, 0.2) is 0 Å². The molecule has 0 aromatic carbocycles. The van der Waals surface area contributed by atoms with E-state index in [1.807, 2.05) is 0 Å². The number of aliphatic hydroxyl groups excluding tert-OH is 1. The highest BCUT2D eigenvalue weighted by molar-refractivity contribution is 5.70. The van der Waals surface area contributed by atoms with Crippen LogP contribution < -0.4 is 0 Å². The van der Waals surface area contributed by atoms with E-state index in [0.717, 1.165) is 44.7 Å². The van der Waals surface area contributed by atoms with Crippen LogP contribution in [0.25, 0.3) is 0 Å². The first kappa shape index (κ1) is 18.6. The molecule has 0 amide bonds. The number of aliphatic hydroxyl groups is 1. The molecule has 8 atom stereocenters. The van der Waals surface area contributed by atoms with E-state index >= 15 is 0 Å². The molecule has 3 aliphatic rings. The van der Waals surface area contributed by atoms with Crippen LogP contribution in [0.5, 0.6) is 0 Å². The lowest BCUT2D eigenvalue weighted by molar-refractivity contribution is -0.160. The van der Waals surface area contributed by atoms with Gasteiger partial charge in [0, 0.05) is 18.3 Å². The molecule has 0 bridgehead atoms. The van der Waals surface area contributed by atoms with Gasteiger partial charge >= 0.3 is 5.97 Å². The molecule has 0 aromatic heterocycles. The third-order valence-corrected chi connectivity index (χ3v) is 6.86. The third kappa shape index (κ3) is 4.13. The average molecular weight is 350 g/mol. The van der Waals surface area contributed by atoms with Crippen molar-refractivity contribution in [3.8, 4) is 0 Å². The molecule has 3 rings (SSSR count). The van der Waals surface area contributed by atoms with Crippen molar-refractivity contribution in [3.05, 3.63) is 0 Å². The molecular formula is C20H30O5. The minimum Gasteiger partial charge on any atom is -0.462 e. The number of fused-ring (bicyclic) bond motifs is 1. The summed E-state index contributed by atoms with van der Waals surface area (Å²) < 4.78 is 5.39. The Morgan fingerprint density at radius 3 is 2.60 bits per heavy atom. The number of carbonyl (C=O) groups excluding carboxylic acids is 3. The number of rotatable bonds is 5. The van der Waals surface area contributed by atoms with Gasteiger partial charge in [0.25, 0.3) is 0 Å². The van der Waals surface area contributed by atoms with Gasteiger partial charge in [-0.3, -0.25) is 4.79 Å². The predicted molar refractivity (Wildman–Crippen MR) is 91.6 cm³/mol. The molecule has 0 spiro atoms. The molecule has 1 N–H and O–H groups in total. The topological polar surface area (TPSA) is 80.7 Å². The third-order valence-electron chi connectivity index (χ3n) is 6.86. The highest BCUT2D eigenvalue weighted by Gasteiger charge is 2.46. The first-order valence-electron chi connectivity index (χ1n) is 9.80. The monoisotopic (exact) mass is 350 g/mol. The van der Waals surface area contributed by atoms with Gasteiger partial charge in [0.1, 0.15) is 18.7 Å². The van der Waals surface area contributed by atoms with Crippen molar-refractivity contribution in [1.82, 2.24) is 0 Å². The summed E-state index contributed by atoms with van der Waals surface area (Å²) >= 11 is 0. The Labute approximate surface area is 149 Å². The summed E-state index contributed by atoms with van der Waals surface area (Å²) in [5.41, 5.74) is 0. The lowest BCUT2D eigenvalue weighted by Crippen LogP contribution is -2.44. The summed E-state index contributed by atoms with van der Waals surface area (Å²) in [7, 11) is 0. The number of carbonyl (C=O) groups is 3. The van der Waals surface area contributed by atoms with Crippen molar-refractivity contribution in [3.63, 3.8) is 0 Å². The van der Waals surface area contributed by atoms with E-state index in [0.29, 0.717) is 36.5 Å². The van der Waals surface area contributed by atoms with Crippen molar-refractivity contribution in [2.75, 3.05) is 0 Å². The molecule has 1 heterocycles. The van der Waals surface area contributed by atoms with E-state index in [9.17, 15) is 19.5 Å². The van der Waals surface area contributed by atoms with Gasteiger partial charge in [0.05, 0.1) is 12.5 Å². The summed E-state index contributed by atoms with van der Waals surface area (Å²) in [6.07, 6.45) is 7.45. The summed E-state index contributed by atoms with van der Waals surface area (Å²) in [6, 6.07) is 0. The van der Waals surface area contributed by atoms with Crippen LogP contribution in [0.1, 0.15) is 58.3 Å². The smallest absolute Gasteiger partial charge is 0.308 e. The highest BCUT2D eigenvalue weighted by Crippen LogP contribution is 2.51. The van der Waals surface area contributed by atoms with Crippen LogP contribution in [-0.2, 0) is 19.1 Å². The van der Waals surface area contributed by atoms with E-state index in [1.54, 1.807) is 0 Å². The van der Waals surface area contributed by atoms with Crippen LogP contribution in [0.15, 0.2) is 0 Å². The quantitative estimate of drug-likeness (QED) is 0.609. The first-order valence-corrected chi connectivity index (χ1v) is 9.80. The summed E-state index contributed by atoms with van der Waals surface area (Å²) in [4.78, 5) is 34.5. The maximum atomic E-state index is 11.7. The molecule has 3 fully saturated rings. The minimum absolute atomic E-state index is 0.0267. The fourth-order valence-electron chi connectivity index (χ4n) is 5.70. The standard InChI is InChI=1S/C20H30O5/c1-12-2-3-14-6-13(10-21)7-15(11-22)20(14)18(12)5-4-17-8-16(23)9-19(24)25-17/h10-18,20,23H,2-9H2,1H3/t12-,13+,14?,15?,16+,17?,18-,20?/m0/s1. The predicted octanol–water partition coefficient (Wildman–Crippen LogP) is 2.54. The van der Waals surface area contributed by atoms with Crippen LogP contribution >= 0.6 is 0 Å². The molecule has 1 saturated heterocycles. The van der Waals surface area contributed by atoms with Gasteiger partial charge in [-0.1, -0.05) is 13.3 Å². The Morgan fingerprint density at radius 1 is 1.12 bits per heavy atom. The van der Waals surface area contributed by atoms with Crippen LogP contribution in [0.3, 0.4) is 0 Å². The Morgan fingerprint density at radius 2 is 1.92 bits per heavy atom.